The first-order valence-electron chi connectivity index (χ1n) is 21.7. The molecule has 65 heavy (non-hydrogen) atoms. The van der Waals surface area contributed by atoms with Crippen LogP contribution in [0.2, 0.25) is 0 Å². The van der Waals surface area contributed by atoms with Gasteiger partial charge in [0.05, 0.1) is 35.2 Å². The molecule has 4 heterocycles. The molecule has 0 aliphatic carbocycles. The van der Waals surface area contributed by atoms with Crippen molar-refractivity contribution in [1.82, 2.24) is 4.98 Å². The van der Waals surface area contributed by atoms with Crippen LogP contribution < -0.4 is 31.0 Å². The van der Waals surface area contributed by atoms with Gasteiger partial charge >= 0.3 is 11.8 Å². The number of allylic oxidation sites excluding steroid dienone is 2. The summed E-state index contributed by atoms with van der Waals surface area (Å²) in [6.07, 6.45) is 5.41. The van der Waals surface area contributed by atoms with Crippen LogP contribution in [0.15, 0.2) is 62.3 Å². The quantitative estimate of drug-likeness (QED) is 0.0525. The van der Waals surface area contributed by atoms with Crippen LogP contribution in [0.1, 0.15) is 66.9 Å². The van der Waals surface area contributed by atoms with Gasteiger partial charge in [-0.3, -0.25) is 19.2 Å². The fourth-order valence-electron chi connectivity index (χ4n) is 9.17. The van der Waals surface area contributed by atoms with Gasteiger partial charge in [-0.25, -0.2) is 4.98 Å². The summed E-state index contributed by atoms with van der Waals surface area (Å²) in [7, 11) is 1.44. The molecule has 1 aromatic heterocycles. The fourth-order valence-corrected chi connectivity index (χ4v) is 9.72. The molecule has 7 rings (SSSR count). The van der Waals surface area contributed by atoms with E-state index in [1.807, 2.05) is 0 Å². The highest BCUT2D eigenvalue weighted by molar-refractivity contribution is 14.1. The lowest BCUT2D eigenvalue weighted by molar-refractivity contribution is -0.160. The van der Waals surface area contributed by atoms with E-state index in [-0.39, 0.29) is 60.8 Å². The molecule has 16 nitrogen and oxygen atoms in total. The Balaban J connectivity index is 1.48. The molecule has 0 radical (unpaired) electrons. The molecule has 4 bridgehead atoms. The number of amides is 1. The third kappa shape index (κ3) is 8.79. The number of phenols is 1. The third-order valence-electron chi connectivity index (χ3n) is 13.2. The predicted molar refractivity (Wildman–Crippen MR) is 254 cm³/mol. The monoisotopic (exact) mass is 1010 g/mol. The molecular weight excluding hydrogens is 953 g/mol. The number of aliphatic hydroxyl groups excluding tert-OH is 3. The Morgan fingerprint density at radius 3 is 2.32 bits per heavy atom. The van der Waals surface area contributed by atoms with Crippen molar-refractivity contribution < 1.29 is 53.4 Å². The van der Waals surface area contributed by atoms with Gasteiger partial charge in [-0.05, 0) is 32.8 Å². The van der Waals surface area contributed by atoms with E-state index in [1.165, 1.54) is 59.3 Å². The second-order valence-corrected chi connectivity index (χ2v) is 19.5. The SMILES string of the molecule is CO[C@H]1/C=C/O[C@@]2(C)Oc3c(C)c(O)c4c(=O)c(c5oc6cc(N7CCC(I)CC7)cc(=O)c6nc5c4c3=C2O)NC(=O)/C(C)=C\C=C\[C@H](C)[C@H](O)[C@@H](C)[C@@H](O)[C@@H](C)[C@H](OC(C)=O)[C@@H]1C. The smallest absolute Gasteiger partial charge is 0.307 e. The number of hydrogen-bond acceptors (Lipinski definition) is 15. The van der Waals surface area contributed by atoms with Crippen molar-refractivity contribution in [3.63, 3.8) is 0 Å². The Kier molecular flexibility index (Phi) is 13.6. The van der Waals surface area contributed by atoms with Gasteiger partial charge in [0.25, 0.3) is 5.91 Å². The van der Waals surface area contributed by atoms with Gasteiger partial charge in [0.15, 0.2) is 22.4 Å². The number of benzene rings is 3. The number of hydrogen-bond donors (Lipinski definition) is 5. The van der Waals surface area contributed by atoms with Crippen LogP contribution in [-0.2, 0) is 23.8 Å². The molecule has 348 valence electrons. The number of nitrogens with one attached hydrogen (secondary N) is 1. The Morgan fingerprint density at radius 1 is 0.969 bits per heavy atom. The largest absolute Gasteiger partial charge is 0.507 e. The molecule has 1 amide bonds. The van der Waals surface area contributed by atoms with E-state index in [4.69, 9.17) is 28.3 Å². The van der Waals surface area contributed by atoms with Gasteiger partial charge in [0.1, 0.15) is 28.8 Å². The summed E-state index contributed by atoms with van der Waals surface area (Å²) in [6.45, 7) is 14.0. The van der Waals surface area contributed by atoms with E-state index in [9.17, 15) is 39.6 Å². The molecule has 5 N–H and O–H groups in total. The number of aliphatic hydroxyl groups is 3. The van der Waals surface area contributed by atoms with Crippen molar-refractivity contribution in [3.05, 3.63) is 79.5 Å². The second kappa shape index (κ2) is 18.6. The summed E-state index contributed by atoms with van der Waals surface area (Å²) >= 11 is 2.42. The van der Waals surface area contributed by atoms with E-state index in [0.717, 1.165) is 12.8 Å². The number of anilines is 2. The predicted octanol–water partition coefficient (Wildman–Crippen LogP) is 5.96. The van der Waals surface area contributed by atoms with E-state index < -0.39 is 88.1 Å². The summed E-state index contributed by atoms with van der Waals surface area (Å²) in [5, 5.41) is 49.2. The third-order valence-corrected chi connectivity index (χ3v) is 14.5. The van der Waals surface area contributed by atoms with Gasteiger partial charge in [-0.2, -0.15) is 0 Å². The molecule has 0 unspecified atom stereocenters. The lowest BCUT2D eigenvalue weighted by Crippen LogP contribution is -2.46. The number of phenolic OH excluding ortho intramolecular Hbond substituents is 1. The first kappa shape index (κ1) is 47.7. The van der Waals surface area contributed by atoms with Crippen LogP contribution in [0, 0.1) is 30.6 Å². The molecule has 0 saturated carbocycles. The van der Waals surface area contributed by atoms with Crippen LogP contribution in [-0.4, -0.2) is 91.6 Å². The maximum atomic E-state index is 14.8. The number of aromatic hydroxyl groups is 1. The average molecular weight is 1010 g/mol. The van der Waals surface area contributed by atoms with Gasteiger partial charge in [0.2, 0.25) is 10.9 Å². The number of carbonyl (C=O) groups excluding carboxylic acids is 2. The summed E-state index contributed by atoms with van der Waals surface area (Å²) < 4.78 is 30.9. The summed E-state index contributed by atoms with van der Waals surface area (Å²) in [5.74, 6) is -6.90. The van der Waals surface area contributed by atoms with Crippen molar-refractivity contribution in [1.29, 1.82) is 0 Å². The van der Waals surface area contributed by atoms with E-state index in [2.05, 4.69) is 32.8 Å². The number of esters is 1. The average Bonchev–Trinajstić information content (AvgIpc) is 3.54. The second-order valence-electron chi connectivity index (χ2n) is 17.7. The summed E-state index contributed by atoms with van der Waals surface area (Å²) in [4.78, 5) is 62.0. The fraction of sp³-hybridized carbons (Fsp3) is 0.479. The molecule has 1 fully saturated rings. The standard InChI is InChI=1S/C48H56IN3O13/c1-21-11-10-12-22(2)47(60)51-38-42(58)34-33(37-45(38)64-32-20-29(19-30(54)36(32)50-37)52-16-13-28(49)14-17-52)35-44(26(6)41(34)57)65-48(8,46(35)59)62-18-15-31(61-9)23(3)43(63-27(7)53)25(5)40(56)24(4)39(21)55/h10-12,15,18-21,23-25,28,31,39-40,43,55-57,59H,13-14,16-17H2,1-9H3,(H,51,60)/b11-10+,18-15+,22-12-/t21-,23+,24+,25+,31-,39-,40+,43+,48-/m0/s1. The molecule has 3 aromatic carbocycles. The van der Waals surface area contributed by atoms with Crippen molar-refractivity contribution in [2.45, 2.75) is 102 Å². The topological polar surface area (TPSA) is 227 Å². The number of rotatable bonds is 3. The lowest BCUT2D eigenvalue weighted by Gasteiger charge is -2.38. The van der Waals surface area contributed by atoms with Crippen LogP contribution in [0.3, 0.4) is 0 Å². The minimum atomic E-state index is -1.98. The van der Waals surface area contributed by atoms with Crippen molar-refractivity contribution in [3.8, 4) is 11.5 Å². The summed E-state index contributed by atoms with van der Waals surface area (Å²) in [6, 6.07) is 3.15. The van der Waals surface area contributed by atoms with Gasteiger partial charge in [-0.15, -0.1) is 0 Å². The van der Waals surface area contributed by atoms with E-state index in [1.54, 1.807) is 45.9 Å². The van der Waals surface area contributed by atoms with Crippen molar-refractivity contribution in [2.24, 2.45) is 23.7 Å². The summed E-state index contributed by atoms with van der Waals surface area (Å²) in [5.41, 5.74) is -1.30. The molecule has 0 spiro atoms. The Morgan fingerprint density at radius 2 is 1.66 bits per heavy atom. The number of fused-ring (bicyclic) bond motifs is 2. The van der Waals surface area contributed by atoms with Gasteiger partial charge < -0.3 is 54.0 Å². The molecule has 3 aliphatic rings. The highest BCUT2D eigenvalue weighted by atomic mass is 127. The first-order valence-corrected chi connectivity index (χ1v) is 23.0. The minimum Gasteiger partial charge on any atom is -0.507 e. The molecular formula is C48H56IN3O13. The molecule has 9 atom stereocenters. The number of carbonyl (C=O) groups is 2. The molecule has 3 aliphatic heterocycles. The maximum absolute atomic E-state index is 14.8. The minimum absolute atomic E-state index is 0.0455. The number of nitrogens with zero attached hydrogens (tertiary/aromatic N) is 2. The Bertz CT molecular complexity index is 2830. The van der Waals surface area contributed by atoms with Crippen molar-refractivity contribution in [2.75, 3.05) is 30.4 Å². The van der Waals surface area contributed by atoms with Gasteiger partial charge in [-0.1, -0.05) is 68.5 Å². The maximum Gasteiger partial charge on any atom is 0.307 e. The number of aromatic nitrogens is 1. The molecule has 4 aromatic rings. The van der Waals surface area contributed by atoms with Crippen LogP contribution >= 0.6 is 22.6 Å². The Labute approximate surface area is 388 Å². The van der Waals surface area contributed by atoms with E-state index in [0.29, 0.717) is 22.7 Å². The zero-order valence-corrected chi connectivity index (χ0v) is 40.0. The van der Waals surface area contributed by atoms with Crippen LogP contribution in [0.4, 0.5) is 11.4 Å². The number of alkyl halides is 1. The zero-order chi connectivity index (χ0) is 47.4. The lowest BCUT2D eigenvalue weighted by atomic mass is 9.78. The first-order chi connectivity index (χ1) is 30.7. The number of methoxy groups -OCH3 is 1. The number of piperidine rings is 1. The normalized spacial score (nSPS) is 30.2. The number of halogens is 1. The molecule has 1 saturated heterocycles. The number of ether oxygens (including phenoxy) is 4. The zero-order valence-electron chi connectivity index (χ0n) is 37.8. The van der Waals surface area contributed by atoms with Crippen LogP contribution in [0.25, 0.3) is 38.7 Å². The van der Waals surface area contributed by atoms with Crippen molar-refractivity contribution >= 4 is 84.6 Å². The van der Waals surface area contributed by atoms with Crippen LogP contribution in [0.5, 0.6) is 11.5 Å². The highest BCUT2D eigenvalue weighted by Gasteiger charge is 2.44. The van der Waals surface area contributed by atoms with Gasteiger partial charge in [0, 0.05) is 96.0 Å². The highest BCUT2D eigenvalue weighted by Crippen LogP contribution is 2.42. The Hall–Kier alpha value is -5.24. The molecule has 17 heteroatoms. The van der Waals surface area contributed by atoms with E-state index >= 15 is 0 Å².